The summed E-state index contributed by atoms with van der Waals surface area (Å²) in [5.41, 5.74) is -0.810. The van der Waals surface area contributed by atoms with Crippen molar-refractivity contribution in [2.75, 3.05) is 0 Å². The predicted octanol–water partition coefficient (Wildman–Crippen LogP) is 2.03. The number of aliphatic hydroxyl groups is 2. The third-order valence-electron chi connectivity index (χ3n) is 2.66. The van der Waals surface area contributed by atoms with Crippen molar-refractivity contribution in [3.8, 4) is 0 Å². The van der Waals surface area contributed by atoms with Gasteiger partial charge in [0.15, 0.2) is 0 Å². The highest BCUT2D eigenvalue weighted by Gasteiger charge is 2.36. The zero-order valence-corrected chi connectivity index (χ0v) is 10.0. The number of nitrogens with zero attached hydrogens (tertiary/aromatic N) is 1. The molecule has 0 atom stereocenters. The molecule has 1 heterocycles. The summed E-state index contributed by atoms with van der Waals surface area (Å²) in [6, 6.07) is 0. The molecule has 0 saturated heterocycles. The lowest BCUT2D eigenvalue weighted by Crippen LogP contribution is -2.33. The molecular formula is C9H12BrNO2S. The van der Waals surface area contributed by atoms with Crippen LogP contribution in [-0.2, 0) is 5.60 Å². The van der Waals surface area contributed by atoms with Crippen LogP contribution in [-0.4, -0.2) is 21.3 Å². The average Bonchev–Trinajstić information content (AvgIpc) is 2.58. The molecule has 0 unspecified atom stereocenters. The number of thiazole rings is 1. The Hall–Kier alpha value is 0.0300. The van der Waals surface area contributed by atoms with E-state index < -0.39 is 5.60 Å². The van der Waals surface area contributed by atoms with Gasteiger partial charge in [-0.05, 0) is 41.6 Å². The monoisotopic (exact) mass is 277 g/mol. The molecule has 0 aromatic carbocycles. The Kier molecular flexibility index (Phi) is 2.93. The number of rotatable bonds is 1. The van der Waals surface area contributed by atoms with Crippen molar-refractivity contribution in [1.82, 2.24) is 4.98 Å². The van der Waals surface area contributed by atoms with Gasteiger partial charge < -0.3 is 10.2 Å². The Balaban J connectivity index is 2.16. The second kappa shape index (κ2) is 3.89. The standard InChI is InChI=1S/C9H12BrNO2S/c10-7-5-11-8(14-7)9(13)3-1-6(12)2-4-9/h5-6,12-13H,1-4H2. The molecular weight excluding hydrogens is 266 g/mol. The Labute approximate surface area is 94.9 Å². The first-order valence-electron chi connectivity index (χ1n) is 4.62. The van der Waals surface area contributed by atoms with Gasteiger partial charge in [-0.3, -0.25) is 0 Å². The molecule has 0 aliphatic heterocycles. The maximum Gasteiger partial charge on any atom is 0.125 e. The van der Waals surface area contributed by atoms with E-state index in [1.165, 1.54) is 11.3 Å². The molecule has 0 bridgehead atoms. The molecule has 1 saturated carbocycles. The third-order valence-corrected chi connectivity index (χ3v) is 4.33. The smallest absolute Gasteiger partial charge is 0.125 e. The summed E-state index contributed by atoms with van der Waals surface area (Å²) in [6.45, 7) is 0. The zero-order valence-electron chi connectivity index (χ0n) is 7.61. The van der Waals surface area contributed by atoms with Crippen molar-refractivity contribution < 1.29 is 10.2 Å². The normalized spacial score (nSPS) is 33.2. The molecule has 1 aromatic rings. The van der Waals surface area contributed by atoms with Gasteiger partial charge in [0.2, 0.25) is 0 Å². The summed E-state index contributed by atoms with van der Waals surface area (Å²) in [5, 5.41) is 20.4. The fraction of sp³-hybridized carbons (Fsp3) is 0.667. The van der Waals surface area contributed by atoms with E-state index in [1.54, 1.807) is 6.20 Å². The summed E-state index contributed by atoms with van der Waals surface area (Å²) < 4.78 is 0.937. The lowest BCUT2D eigenvalue weighted by Gasteiger charge is -2.32. The molecule has 2 rings (SSSR count). The van der Waals surface area contributed by atoms with E-state index in [-0.39, 0.29) is 6.10 Å². The highest BCUT2D eigenvalue weighted by atomic mass is 79.9. The van der Waals surface area contributed by atoms with Gasteiger partial charge in [0.05, 0.1) is 16.1 Å². The average molecular weight is 278 g/mol. The largest absolute Gasteiger partial charge is 0.393 e. The predicted molar refractivity (Wildman–Crippen MR) is 58.2 cm³/mol. The minimum Gasteiger partial charge on any atom is -0.393 e. The van der Waals surface area contributed by atoms with Crippen LogP contribution in [0.15, 0.2) is 9.98 Å². The molecule has 78 valence electrons. The number of halogens is 1. The summed E-state index contributed by atoms with van der Waals surface area (Å²) in [4.78, 5) is 4.18. The summed E-state index contributed by atoms with van der Waals surface area (Å²) in [7, 11) is 0. The highest BCUT2D eigenvalue weighted by molar-refractivity contribution is 9.11. The Morgan fingerprint density at radius 2 is 2.14 bits per heavy atom. The van der Waals surface area contributed by atoms with Gasteiger partial charge in [-0.1, -0.05) is 0 Å². The molecule has 0 spiro atoms. The van der Waals surface area contributed by atoms with E-state index in [2.05, 4.69) is 20.9 Å². The van der Waals surface area contributed by atoms with Crippen LogP contribution in [0, 0.1) is 0 Å². The van der Waals surface area contributed by atoms with E-state index >= 15 is 0 Å². The second-order valence-corrected chi connectivity index (χ2v) is 6.14. The quantitative estimate of drug-likeness (QED) is 0.826. The maximum absolute atomic E-state index is 10.3. The van der Waals surface area contributed by atoms with E-state index in [0.717, 1.165) is 8.79 Å². The highest BCUT2D eigenvalue weighted by Crippen LogP contribution is 2.39. The summed E-state index contributed by atoms with van der Waals surface area (Å²) in [5.74, 6) is 0. The Morgan fingerprint density at radius 1 is 1.50 bits per heavy atom. The molecule has 0 radical (unpaired) electrons. The van der Waals surface area contributed by atoms with E-state index in [9.17, 15) is 10.2 Å². The van der Waals surface area contributed by atoms with Crippen molar-refractivity contribution in [3.05, 3.63) is 15.0 Å². The first-order chi connectivity index (χ1) is 6.60. The lowest BCUT2D eigenvalue weighted by atomic mass is 9.84. The molecule has 2 N–H and O–H groups in total. The molecule has 3 nitrogen and oxygen atoms in total. The van der Waals surface area contributed by atoms with Gasteiger partial charge >= 0.3 is 0 Å². The number of aromatic nitrogens is 1. The molecule has 0 amide bonds. The van der Waals surface area contributed by atoms with Gasteiger partial charge in [0, 0.05) is 0 Å². The molecule has 5 heteroatoms. The SMILES string of the molecule is OC1CCC(O)(c2ncc(Br)s2)CC1. The second-order valence-electron chi connectivity index (χ2n) is 3.73. The fourth-order valence-electron chi connectivity index (χ4n) is 1.76. The topological polar surface area (TPSA) is 53.4 Å². The van der Waals surface area contributed by atoms with Gasteiger partial charge in [-0.15, -0.1) is 11.3 Å². The molecule has 1 aliphatic carbocycles. The minimum absolute atomic E-state index is 0.251. The first-order valence-corrected chi connectivity index (χ1v) is 6.23. The van der Waals surface area contributed by atoms with Gasteiger partial charge in [-0.25, -0.2) is 4.98 Å². The van der Waals surface area contributed by atoms with Crippen LogP contribution in [0.25, 0.3) is 0 Å². The van der Waals surface area contributed by atoms with Crippen LogP contribution in [0.2, 0.25) is 0 Å². The molecule has 14 heavy (non-hydrogen) atoms. The number of aliphatic hydroxyl groups excluding tert-OH is 1. The fourth-order valence-corrected chi connectivity index (χ4v) is 3.12. The van der Waals surface area contributed by atoms with E-state index in [4.69, 9.17) is 0 Å². The zero-order chi connectivity index (χ0) is 10.2. The third kappa shape index (κ3) is 2.00. The number of hydrogen-bond donors (Lipinski definition) is 2. The summed E-state index contributed by atoms with van der Waals surface area (Å²) in [6.07, 6.45) is 3.99. The van der Waals surface area contributed by atoms with Crippen LogP contribution in [0.4, 0.5) is 0 Å². The van der Waals surface area contributed by atoms with Crippen LogP contribution in [0.5, 0.6) is 0 Å². The van der Waals surface area contributed by atoms with Gasteiger partial charge in [0.25, 0.3) is 0 Å². The van der Waals surface area contributed by atoms with Gasteiger partial charge in [0.1, 0.15) is 10.6 Å². The molecule has 1 fully saturated rings. The minimum atomic E-state index is -0.810. The van der Waals surface area contributed by atoms with Crippen molar-refractivity contribution in [2.24, 2.45) is 0 Å². The van der Waals surface area contributed by atoms with E-state index in [0.29, 0.717) is 25.7 Å². The van der Waals surface area contributed by atoms with Crippen LogP contribution in [0.1, 0.15) is 30.7 Å². The maximum atomic E-state index is 10.3. The van der Waals surface area contributed by atoms with Crippen LogP contribution >= 0.6 is 27.3 Å². The first kappa shape index (κ1) is 10.5. The van der Waals surface area contributed by atoms with Crippen molar-refractivity contribution in [1.29, 1.82) is 0 Å². The summed E-state index contributed by atoms with van der Waals surface area (Å²) >= 11 is 4.80. The molecule has 1 aromatic heterocycles. The number of hydrogen-bond acceptors (Lipinski definition) is 4. The van der Waals surface area contributed by atoms with Gasteiger partial charge in [-0.2, -0.15) is 0 Å². The van der Waals surface area contributed by atoms with Crippen LogP contribution < -0.4 is 0 Å². The Morgan fingerprint density at radius 3 is 2.64 bits per heavy atom. The van der Waals surface area contributed by atoms with Crippen molar-refractivity contribution >= 4 is 27.3 Å². The Bertz CT molecular complexity index is 320. The van der Waals surface area contributed by atoms with Crippen molar-refractivity contribution in [2.45, 2.75) is 37.4 Å². The van der Waals surface area contributed by atoms with E-state index in [1.807, 2.05) is 0 Å². The van der Waals surface area contributed by atoms with Crippen molar-refractivity contribution in [3.63, 3.8) is 0 Å². The lowest BCUT2D eigenvalue weighted by molar-refractivity contribution is -0.0362. The van der Waals surface area contributed by atoms with Crippen LogP contribution in [0.3, 0.4) is 0 Å². The molecule has 1 aliphatic rings.